The summed E-state index contributed by atoms with van der Waals surface area (Å²) in [6.45, 7) is 5.47. The Morgan fingerprint density at radius 2 is 2.35 bits per heavy atom. The van der Waals surface area contributed by atoms with Crippen molar-refractivity contribution in [2.75, 3.05) is 11.9 Å². The summed E-state index contributed by atoms with van der Waals surface area (Å²) in [4.78, 5) is 0. The summed E-state index contributed by atoms with van der Waals surface area (Å²) in [6.07, 6.45) is 3.79. The van der Waals surface area contributed by atoms with Crippen molar-refractivity contribution in [3.8, 4) is 0 Å². The lowest BCUT2D eigenvalue weighted by atomic mass is 10.1. The zero-order chi connectivity index (χ0) is 12.3. The van der Waals surface area contributed by atoms with Crippen molar-refractivity contribution in [1.82, 2.24) is 5.32 Å². The lowest BCUT2D eigenvalue weighted by molar-refractivity contribution is 0.523. The normalized spacial score (nSPS) is 21.5. The van der Waals surface area contributed by atoms with Gasteiger partial charge in [-0.05, 0) is 57.4 Å². The van der Waals surface area contributed by atoms with Crippen LogP contribution >= 0.6 is 11.6 Å². The topological polar surface area (TPSA) is 24.1 Å². The molecule has 1 aliphatic rings. The SMILES string of the molecule is Cc1c(Cl)cccc1NC(C)CC1CCCN1. The molecule has 0 radical (unpaired) electrons. The van der Waals surface area contributed by atoms with Crippen molar-refractivity contribution in [2.45, 2.75) is 45.2 Å². The highest BCUT2D eigenvalue weighted by molar-refractivity contribution is 6.31. The van der Waals surface area contributed by atoms with Gasteiger partial charge in [-0.1, -0.05) is 17.7 Å². The molecule has 1 fully saturated rings. The first-order valence-electron chi connectivity index (χ1n) is 6.42. The van der Waals surface area contributed by atoms with Crippen LogP contribution < -0.4 is 10.6 Å². The fourth-order valence-corrected chi connectivity index (χ4v) is 2.65. The molecule has 2 rings (SSSR count). The molecule has 1 aliphatic heterocycles. The van der Waals surface area contributed by atoms with E-state index in [4.69, 9.17) is 11.6 Å². The smallest absolute Gasteiger partial charge is 0.0455 e. The first-order chi connectivity index (χ1) is 8.16. The van der Waals surface area contributed by atoms with Crippen molar-refractivity contribution in [2.24, 2.45) is 0 Å². The van der Waals surface area contributed by atoms with Gasteiger partial charge in [-0.2, -0.15) is 0 Å². The minimum Gasteiger partial charge on any atom is -0.382 e. The van der Waals surface area contributed by atoms with E-state index in [9.17, 15) is 0 Å². The quantitative estimate of drug-likeness (QED) is 0.856. The van der Waals surface area contributed by atoms with E-state index in [1.54, 1.807) is 0 Å². The van der Waals surface area contributed by atoms with E-state index in [1.165, 1.54) is 25.8 Å². The van der Waals surface area contributed by atoms with Crippen molar-refractivity contribution in [1.29, 1.82) is 0 Å². The molecule has 2 unspecified atom stereocenters. The second-order valence-corrected chi connectivity index (χ2v) is 5.39. The van der Waals surface area contributed by atoms with Gasteiger partial charge in [0, 0.05) is 22.8 Å². The lowest BCUT2D eigenvalue weighted by Crippen LogP contribution is -2.29. The van der Waals surface area contributed by atoms with Crippen LogP contribution in [0, 0.1) is 6.92 Å². The third kappa shape index (κ3) is 3.36. The van der Waals surface area contributed by atoms with Crippen molar-refractivity contribution >= 4 is 17.3 Å². The van der Waals surface area contributed by atoms with E-state index in [2.05, 4.69) is 30.5 Å². The Kier molecular flexibility index (Phi) is 4.30. The van der Waals surface area contributed by atoms with Gasteiger partial charge in [0.2, 0.25) is 0 Å². The van der Waals surface area contributed by atoms with Crippen LogP contribution in [0.4, 0.5) is 5.69 Å². The molecular weight excluding hydrogens is 232 g/mol. The average molecular weight is 253 g/mol. The zero-order valence-corrected chi connectivity index (χ0v) is 11.3. The lowest BCUT2D eigenvalue weighted by Gasteiger charge is -2.20. The second kappa shape index (κ2) is 5.74. The molecule has 1 saturated heterocycles. The molecule has 0 amide bonds. The summed E-state index contributed by atoms with van der Waals surface area (Å²) >= 11 is 6.12. The zero-order valence-electron chi connectivity index (χ0n) is 10.6. The van der Waals surface area contributed by atoms with Gasteiger partial charge in [-0.15, -0.1) is 0 Å². The van der Waals surface area contributed by atoms with Gasteiger partial charge in [0.25, 0.3) is 0 Å². The first-order valence-corrected chi connectivity index (χ1v) is 6.79. The maximum absolute atomic E-state index is 6.12. The predicted octanol–water partition coefficient (Wildman–Crippen LogP) is 3.59. The molecule has 0 aliphatic carbocycles. The van der Waals surface area contributed by atoms with Crippen molar-refractivity contribution in [3.05, 3.63) is 28.8 Å². The molecule has 0 aromatic heterocycles. The standard InChI is InChI=1S/C14H21ClN2/c1-10(9-12-5-4-8-16-12)17-14-7-3-6-13(15)11(14)2/h3,6-7,10,12,16-17H,4-5,8-9H2,1-2H3. The molecule has 2 nitrogen and oxygen atoms in total. The maximum Gasteiger partial charge on any atom is 0.0455 e. The molecule has 0 saturated carbocycles. The van der Waals surface area contributed by atoms with Gasteiger partial charge in [-0.25, -0.2) is 0 Å². The third-order valence-corrected chi connectivity index (χ3v) is 3.88. The molecule has 1 aromatic carbocycles. The van der Waals surface area contributed by atoms with Crippen LogP contribution in [0.3, 0.4) is 0 Å². The Morgan fingerprint density at radius 1 is 1.53 bits per heavy atom. The van der Waals surface area contributed by atoms with Crippen molar-refractivity contribution in [3.63, 3.8) is 0 Å². The largest absolute Gasteiger partial charge is 0.382 e. The monoisotopic (exact) mass is 252 g/mol. The predicted molar refractivity (Wildman–Crippen MR) is 74.9 cm³/mol. The van der Waals surface area contributed by atoms with Crippen LogP contribution in [-0.4, -0.2) is 18.6 Å². The molecule has 1 aromatic rings. The molecule has 94 valence electrons. The van der Waals surface area contributed by atoms with Crippen LogP contribution in [-0.2, 0) is 0 Å². The van der Waals surface area contributed by atoms with E-state index >= 15 is 0 Å². The number of hydrogen-bond acceptors (Lipinski definition) is 2. The summed E-state index contributed by atoms with van der Waals surface area (Å²) in [5.74, 6) is 0. The van der Waals surface area contributed by atoms with Crippen LogP contribution in [0.5, 0.6) is 0 Å². The Balaban J connectivity index is 1.93. The van der Waals surface area contributed by atoms with Crippen LogP contribution in [0.25, 0.3) is 0 Å². The van der Waals surface area contributed by atoms with Gasteiger partial charge in [0.05, 0.1) is 0 Å². The van der Waals surface area contributed by atoms with Gasteiger partial charge in [-0.3, -0.25) is 0 Å². The van der Waals surface area contributed by atoms with Gasteiger partial charge < -0.3 is 10.6 Å². The molecule has 0 bridgehead atoms. The van der Waals surface area contributed by atoms with E-state index in [0.717, 1.165) is 16.3 Å². The number of hydrogen-bond donors (Lipinski definition) is 2. The van der Waals surface area contributed by atoms with Crippen LogP contribution in [0.1, 0.15) is 31.7 Å². The highest BCUT2D eigenvalue weighted by atomic mass is 35.5. The Labute approximate surface area is 109 Å². The number of rotatable bonds is 4. The number of benzene rings is 1. The molecule has 2 N–H and O–H groups in total. The summed E-state index contributed by atoms with van der Waals surface area (Å²) in [5.41, 5.74) is 2.29. The fourth-order valence-electron chi connectivity index (χ4n) is 2.47. The van der Waals surface area contributed by atoms with Crippen LogP contribution in [0.15, 0.2) is 18.2 Å². The highest BCUT2D eigenvalue weighted by Gasteiger charge is 2.17. The molecule has 2 atom stereocenters. The first kappa shape index (κ1) is 12.7. The summed E-state index contributed by atoms with van der Waals surface area (Å²) in [7, 11) is 0. The van der Waals surface area contributed by atoms with E-state index in [0.29, 0.717) is 12.1 Å². The molecule has 0 spiro atoms. The summed E-state index contributed by atoms with van der Waals surface area (Å²) in [6, 6.07) is 7.18. The van der Waals surface area contributed by atoms with Gasteiger partial charge >= 0.3 is 0 Å². The summed E-state index contributed by atoms with van der Waals surface area (Å²) < 4.78 is 0. The van der Waals surface area contributed by atoms with E-state index in [1.807, 2.05) is 12.1 Å². The Hall–Kier alpha value is -0.730. The highest BCUT2D eigenvalue weighted by Crippen LogP contribution is 2.24. The number of nitrogens with one attached hydrogen (secondary N) is 2. The Bertz CT molecular complexity index is 372. The third-order valence-electron chi connectivity index (χ3n) is 3.47. The minimum atomic E-state index is 0.475. The second-order valence-electron chi connectivity index (χ2n) is 4.99. The minimum absolute atomic E-state index is 0.475. The fraction of sp³-hybridized carbons (Fsp3) is 0.571. The average Bonchev–Trinajstić information content (AvgIpc) is 2.77. The summed E-state index contributed by atoms with van der Waals surface area (Å²) in [5, 5.41) is 7.92. The van der Waals surface area contributed by atoms with Crippen LogP contribution in [0.2, 0.25) is 5.02 Å². The van der Waals surface area contributed by atoms with E-state index in [-0.39, 0.29) is 0 Å². The number of halogens is 1. The Morgan fingerprint density at radius 3 is 3.06 bits per heavy atom. The van der Waals surface area contributed by atoms with Crippen molar-refractivity contribution < 1.29 is 0 Å². The number of anilines is 1. The molecule has 17 heavy (non-hydrogen) atoms. The van der Waals surface area contributed by atoms with E-state index < -0.39 is 0 Å². The molecule has 3 heteroatoms. The molecular formula is C14H21ClN2. The maximum atomic E-state index is 6.12. The molecule has 1 heterocycles. The van der Waals surface area contributed by atoms with Gasteiger partial charge in [0.15, 0.2) is 0 Å². The van der Waals surface area contributed by atoms with Gasteiger partial charge in [0.1, 0.15) is 0 Å².